The second kappa shape index (κ2) is 10.4. The summed E-state index contributed by atoms with van der Waals surface area (Å²) in [7, 11) is 0. The van der Waals surface area contributed by atoms with Crippen molar-refractivity contribution >= 4 is 5.69 Å². The zero-order chi connectivity index (χ0) is 28.1. The van der Waals surface area contributed by atoms with Gasteiger partial charge in [0.2, 0.25) is 0 Å². The fourth-order valence-electron chi connectivity index (χ4n) is 8.73. The van der Waals surface area contributed by atoms with Crippen LogP contribution in [0.5, 0.6) is 5.75 Å². The molecule has 7 rings (SSSR count). The van der Waals surface area contributed by atoms with Gasteiger partial charge in [-0.3, -0.25) is 0 Å². The second-order valence-electron chi connectivity index (χ2n) is 13.0. The number of nitrogen functional groups attached to an aromatic ring is 1. The monoisotopic (exact) mass is 541 g/mol. The molecule has 3 aliphatic rings. The van der Waals surface area contributed by atoms with Crippen LogP contribution in [0.25, 0.3) is 11.1 Å². The predicted molar refractivity (Wildman–Crippen MR) is 171 cm³/mol. The number of benzene rings is 4. The molecule has 4 aromatic carbocycles. The first-order valence-corrected chi connectivity index (χ1v) is 15.9. The maximum absolute atomic E-state index is 11.3. The molecule has 2 fully saturated rings. The standard InChI is InChI=1S/C39H43NO/c1-25-21-37(40)31(27-13-5-3-6-14-27)23-35(25)39(33-19-11-9-17-29(33)30-18-10-12-20-34(30)39)36-24-32(38(41)22-26(36)2)28-15-7-4-8-16-28/h9-12,17-24,27-28,41H,3-8,13-16,40H2,1-2H3. The topological polar surface area (TPSA) is 46.2 Å². The zero-order valence-corrected chi connectivity index (χ0v) is 24.7. The highest BCUT2D eigenvalue weighted by Gasteiger charge is 2.48. The summed E-state index contributed by atoms with van der Waals surface area (Å²) in [6, 6.07) is 27.2. The van der Waals surface area contributed by atoms with Gasteiger partial charge in [-0.05, 0) is 125 Å². The van der Waals surface area contributed by atoms with E-state index in [9.17, 15) is 5.11 Å². The van der Waals surface area contributed by atoms with Crippen molar-refractivity contribution in [3.05, 3.63) is 117 Å². The molecule has 0 unspecified atom stereocenters. The highest BCUT2D eigenvalue weighted by atomic mass is 16.3. The molecule has 0 amide bonds. The van der Waals surface area contributed by atoms with Gasteiger partial charge in [0.1, 0.15) is 5.75 Å². The molecule has 2 heteroatoms. The molecular formula is C39H43NO. The first-order chi connectivity index (χ1) is 20.0. The predicted octanol–water partition coefficient (Wildman–Crippen LogP) is 10.0. The molecule has 3 N–H and O–H groups in total. The Morgan fingerprint density at radius 3 is 1.61 bits per heavy atom. The van der Waals surface area contributed by atoms with Crippen LogP contribution in [0.1, 0.15) is 121 Å². The van der Waals surface area contributed by atoms with E-state index >= 15 is 0 Å². The highest BCUT2D eigenvalue weighted by Crippen LogP contribution is 2.59. The molecule has 41 heavy (non-hydrogen) atoms. The minimum atomic E-state index is -0.477. The van der Waals surface area contributed by atoms with Crippen LogP contribution in [0, 0.1) is 13.8 Å². The number of anilines is 1. The third-order valence-electron chi connectivity index (χ3n) is 10.7. The normalized spacial score (nSPS) is 18.7. The van der Waals surface area contributed by atoms with Crippen molar-refractivity contribution in [2.75, 3.05) is 5.73 Å². The summed E-state index contributed by atoms with van der Waals surface area (Å²) in [6.07, 6.45) is 12.4. The third kappa shape index (κ3) is 4.13. The molecular weight excluding hydrogens is 498 g/mol. The van der Waals surface area contributed by atoms with Crippen molar-refractivity contribution in [1.29, 1.82) is 0 Å². The van der Waals surface area contributed by atoms with Gasteiger partial charge in [-0.15, -0.1) is 0 Å². The quantitative estimate of drug-likeness (QED) is 0.222. The Bertz CT molecular complexity index is 1480. The minimum absolute atomic E-state index is 0.414. The summed E-state index contributed by atoms with van der Waals surface area (Å²) in [5.74, 6) is 1.40. The van der Waals surface area contributed by atoms with Crippen LogP contribution in [0.15, 0.2) is 72.8 Å². The van der Waals surface area contributed by atoms with Gasteiger partial charge in [0.25, 0.3) is 0 Å². The van der Waals surface area contributed by atoms with E-state index in [1.807, 2.05) is 0 Å². The number of aromatic hydroxyl groups is 1. The van der Waals surface area contributed by atoms with Crippen molar-refractivity contribution in [1.82, 2.24) is 0 Å². The number of fused-ring (bicyclic) bond motifs is 3. The van der Waals surface area contributed by atoms with Crippen LogP contribution < -0.4 is 5.73 Å². The molecule has 2 nitrogen and oxygen atoms in total. The second-order valence-corrected chi connectivity index (χ2v) is 13.0. The Labute approximate surface area is 245 Å². The molecule has 0 bridgehead atoms. The molecule has 2 saturated carbocycles. The fourth-order valence-corrected chi connectivity index (χ4v) is 8.73. The number of aryl methyl sites for hydroxylation is 2. The van der Waals surface area contributed by atoms with E-state index in [1.54, 1.807) is 0 Å². The van der Waals surface area contributed by atoms with E-state index in [0.29, 0.717) is 17.6 Å². The van der Waals surface area contributed by atoms with Crippen LogP contribution in [0.4, 0.5) is 5.69 Å². The summed E-state index contributed by atoms with van der Waals surface area (Å²) in [5.41, 5.74) is 20.1. The molecule has 210 valence electrons. The summed E-state index contributed by atoms with van der Waals surface area (Å²) in [6.45, 7) is 4.44. The van der Waals surface area contributed by atoms with Crippen molar-refractivity contribution in [2.24, 2.45) is 0 Å². The maximum atomic E-state index is 11.3. The summed E-state index contributed by atoms with van der Waals surface area (Å²) < 4.78 is 0. The molecule has 0 heterocycles. The van der Waals surface area contributed by atoms with E-state index < -0.39 is 5.41 Å². The van der Waals surface area contributed by atoms with Gasteiger partial charge < -0.3 is 10.8 Å². The summed E-state index contributed by atoms with van der Waals surface area (Å²) >= 11 is 0. The highest BCUT2D eigenvalue weighted by molar-refractivity contribution is 5.87. The number of rotatable bonds is 4. The van der Waals surface area contributed by atoms with Crippen molar-refractivity contribution in [3.63, 3.8) is 0 Å². The van der Waals surface area contributed by atoms with E-state index in [-0.39, 0.29) is 0 Å². The van der Waals surface area contributed by atoms with E-state index in [4.69, 9.17) is 5.73 Å². The van der Waals surface area contributed by atoms with Gasteiger partial charge in [-0.2, -0.15) is 0 Å². The molecule has 0 saturated heterocycles. The molecule has 0 aromatic heterocycles. The van der Waals surface area contributed by atoms with E-state index in [2.05, 4.69) is 86.6 Å². The summed E-state index contributed by atoms with van der Waals surface area (Å²) in [5, 5.41) is 11.3. The zero-order valence-electron chi connectivity index (χ0n) is 24.7. The molecule has 3 aliphatic carbocycles. The van der Waals surface area contributed by atoms with Crippen molar-refractivity contribution in [3.8, 4) is 16.9 Å². The largest absolute Gasteiger partial charge is 0.508 e. The molecule has 0 atom stereocenters. The average molecular weight is 542 g/mol. The number of hydrogen-bond donors (Lipinski definition) is 2. The van der Waals surface area contributed by atoms with E-state index in [1.165, 1.54) is 95.9 Å². The van der Waals surface area contributed by atoms with Crippen LogP contribution in [-0.2, 0) is 5.41 Å². The fraction of sp³-hybridized carbons (Fsp3) is 0.385. The maximum Gasteiger partial charge on any atom is 0.119 e. The van der Waals surface area contributed by atoms with Crippen LogP contribution in [0.2, 0.25) is 0 Å². The molecule has 4 aromatic rings. The molecule has 0 spiro atoms. The lowest BCUT2D eigenvalue weighted by Crippen LogP contribution is -2.31. The Hall–Kier alpha value is -3.52. The minimum Gasteiger partial charge on any atom is -0.508 e. The van der Waals surface area contributed by atoms with Crippen LogP contribution in [0.3, 0.4) is 0 Å². The molecule has 0 radical (unpaired) electrons. The number of hydrogen-bond acceptors (Lipinski definition) is 2. The lowest BCUT2D eigenvalue weighted by Gasteiger charge is -2.38. The van der Waals surface area contributed by atoms with Crippen molar-refractivity contribution < 1.29 is 5.11 Å². The smallest absolute Gasteiger partial charge is 0.119 e. The van der Waals surface area contributed by atoms with Gasteiger partial charge in [0.15, 0.2) is 0 Å². The Balaban J connectivity index is 1.57. The number of nitrogens with two attached hydrogens (primary N) is 1. The Morgan fingerprint density at radius 2 is 1.05 bits per heavy atom. The lowest BCUT2D eigenvalue weighted by molar-refractivity contribution is 0.413. The lowest BCUT2D eigenvalue weighted by atomic mass is 9.64. The van der Waals surface area contributed by atoms with Gasteiger partial charge in [-0.1, -0.05) is 93.1 Å². The summed E-state index contributed by atoms with van der Waals surface area (Å²) in [4.78, 5) is 0. The van der Waals surface area contributed by atoms with Gasteiger partial charge in [0.05, 0.1) is 5.41 Å². The average Bonchev–Trinajstić information content (AvgIpc) is 3.29. The van der Waals surface area contributed by atoms with Crippen LogP contribution >= 0.6 is 0 Å². The Kier molecular flexibility index (Phi) is 6.69. The van der Waals surface area contributed by atoms with E-state index in [0.717, 1.165) is 29.7 Å². The number of phenols is 1. The third-order valence-corrected chi connectivity index (χ3v) is 10.7. The van der Waals surface area contributed by atoms with Gasteiger partial charge >= 0.3 is 0 Å². The first kappa shape index (κ1) is 26.4. The van der Waals surface area contributed by atoms with Gasteiger partial charge in [-0.25, -0.2) is 0 Å². The SMILES string of the molecule is Cc1cc(N)c(C2CCCCC2)cc1C1(c2cc(C3CCCCC3)c(O)cc2C)c2ccccc2-c2ccccc21. The van der Waals surface area contributed by atoms with Gasteiger partial charge in [0, 0.05) is 5.69 Å². The van der Waals surface area contributed by atoms with Crippen molar-refractivity contribution in [2.45, 2.75) is 95.3 Å². The molecule has 0 aliphatic heterocycles. The Morgan fingerprint density at radius 1 is 0.585 bits per heavy atom. The van der Waals surface area contributed by atoms with Crippen LogP contribution in [-0.4, -0.2) is 5.11 Å². The first-order valence-electron chi connectivity index (χ1n) is 15.9. The number of phenolic OH excluding ortho intramolecular Hbond substituents is 1.